The van der Waals surface area contributed by atoms with Gasteiger partial charge in [0.15, 0.2) is 11.2 Å². The van der Waals surface area contributed by atoms with Gasteiger partial charge in [-0.2, -0.15) is 0 Å². The molecule has 4 saturated heterocycles. The van der Waals surface area contributed by atoms with Crippen LogP contribution in [0.4, 0.5) is 10.5 Å². The Labute approximate surface area is 393 Å². The molecule has 1 aromatic carbocycles. The summed E-state index contributed by atoms with van der Waals surface area (Å²) < 4.78 is 21.9. The number of ether oxygens (including phenoxy) is 3. The first-order valence-corrected chi connectivity index (χ1v) is 26.4. The molecule has 0 bridgehead atoms. The Morgan fingerprint density at radius 2 is 0.846 bits per heavy atom. The van der Waals surface area contributed by atoms with Crippen molar-refractivity contribution in [2.24, 2.45) is 0 Å². The standard InChI is InChI=1S/C54H89N5O6/c1-47(2)38-51(39-48(3,4)56-47)44(60)58(53(64-51)32-26-19-15-11-9-12-16-20-27-33-53)36-43(63-46(62)55-42-30-24-23-25-31-42)37-59-45(61)52(40-49(5,6)57-50(7,8)41-52)65-54(59)34-28-21-17-13-10-14-18-22-29-35-54/h23-25,30-31,43,56-57H,9-22,26-29,32-41H2,1-8H3,(H,55,62). The van der Waals surface area contributed by atoms with E-state index in [2.05, 4.69) is 71.3 Å². The third kappa shape index (κ3) is 12.1. The van der Waals surface area contributed by atoms with Crippen LogP contribution >= 0.6 is 0 Å². The van der Waals surface area contributed by atoms with Gasteiger partial charge >= 0.3 is 6.09 Å². The van der Waals surface area contributed by atoms with Crippen LogP contribution in [0.15, 0.2) is 30.3 Å². The molecule has 3 N–H and O–H groups in total. The summed E-state index contributed by atoms with van der Waals surface area (Å²) >= 11 is 0. The number of piperidine rings is 2. The van der Waals surface area contributed by atoms with E-state index in [4.69, 9.17) is 14.2 Å². The molecule has 6 fully saturated rings. The molecule has 2 saturated carbocycles. The lowest BCUT2D eigenvalue weighted by atomic mass is 9.72. The molecule has 4 heterocycles. The number of hydrogen-bond acceptors (Lipinski definition) is 8. The minimum atomic E-state index is -1.04. The van der Waals surface area contributed by atoms with Crippen LogP contribution in [0, 0.1) is 0 Å². The van der Waals surface area contributed by atoms with E-state index < -0.39 is 34.8 Å². The molecule has 11 nitrogen and oxygen atoms in total. The molecule has 366 valence electrons. The van der Waals surface area contributed by atoms with Crippen LogP contribution in [-0.4, -0.2) is 91.7 Å². The van der Waals surface area contributed by atoms with Crippen molar-refractivity contribution in [2.75, 3.05) is 18.4 Å². The summed E-state index contributed by atoms with van der Waals surface area (Å²) in [6.45, 7) is 17.7. The van der Waals surface area contributed by atoms with E-state index in [0.717, 1.165) is 77.0 Å². The van der Waals surface area contributed by atoms with Crippen LogP contribution in [-0.2, 0) is 23.8 Å². The van der Waals surface area contributed by atoms with Gasteiger partial charge in [-0.1, -0.05) is 108 Å². The number of para-hydroxylation sites is 1. The summed E-state index contributed by atoms with van der Waals surface area (Å²) in [5.41, 5.74) is -4.58. The van der Waals surface area contributed by atoms with Crippen LogP contribution in [0.3, 0.4) is 0 Å². The number of anilines is 1. The van der Waals surface area contributed by atoms with Gasteiger partial charge in [0.2, 0.25) is 0 Å². The molecule has 4 spiro atoms. The second kappa shape index (κ2) is 20.1. The molecule has 3 amide bonds. The molecule has 6 aliphatic rings. The molecule has 4 aliphatic heterocycles. The van der Waals surface area contributed by atoms with Crippen molar-refractivity contribution < 1.29 is 28.6 Å². The number of nitrogens with zero attached hydrogens (tertiary/aromatic N) is 2. The summed E-state index contributed by atoms with van der Waals surface area (Å²) in [6, 6.07) is 9.38. The zero-order valence-corrected chi connectivity index (χ0v) is 42.1. The van der Waals surface area contributed by atoms with Gasteiger partial charge in [-0.25, -0.2) is 4.79 Å². The van der Waals surface area contributed by atoms with Gasteiger partial charge in [0, 0.05) is 53.5 Å². The van der Waals surface area contributed by atoms with Crippen molar-refractivity contribution in [1.29, 1.82) is 0 Å². The zero-order chi connectivity index (χ0) is 46.6. The predicted molar refractivity (Wildman–Crippen MR) is 259 cm³/mol. The third-order valence-electron chi connectivity index (χ3n) is 15.6. The lowest BCUT2D eigenvalue weighted by Gasteiger charge is -2.50. The van der Waals surface area contributed by atoms with Crippen LogP contribution < -0.4 is 16.0 Å². The van der Waals surface area contributed by atoms with E-state index in [9.17, 15) is 4.79 Å². The molecule has 1 aromatic rings. The average Bonchev–Trinajstić information content (AvgIpc) is 3.50. The predicted octanol–water partition coefficient (Wildman–Crippen LogP) is 11.7. The molecular formula is C54H89N5O6. The van der Waals surface area contributed by atoms with Crippen molar-refractivity contribution in [3.8, 4) is 0 Å². The van der Waals surface area contributed by atoms with Gasteiger partial charge in [-0.15, -0.1) is 0 Å². The molecule has 2 aliphatic carbocycles. The van der Waals surface area contributed by atoms with Crippen molar-refractivity contribution in [3.05, 3.63) is 30.3 Å². The van der Waals surface area contributed by atoms with Gasteiger partial charge < -0.3 is 34.6 Å². The molecular weight excluding hydrogens is 815 g/mol. The average molecular weight is 904 g/mol. The summed E-state index contributed by atoms with van der Waals surface area (Å²) in [5, 5.41) is 10.6. The van der Waals surface area contributed by atoms with E-state index in [1.807, 2.05) is 40.1 Å². The summed E-state index contributed by atoms with van der Waals surface area (Å²) in [7, 11) is 0. The molecule has 7 rings (SSSR count). The molecule has 0 unspecified atom stereocenters. The normalized spacial score (nSPS) is 27.8. The fraction of sp³-hybridized carbons (Fsp3) is 0.833. The number of carbonyl (C=O) groups excluding carboxylic acids is 3. The molecule has 65 heavy (non-hydrogen) atoms. The Morgan fingerprint density at radius 1 is 0.538 bits per heavy atom. The van der Waals surface area contributed by atoms with Crippen molar-refractivity contribution >= 4 is 23.6 Å². The molecule has 0 aromatic heterocycles. The Hall–Kier alpha value is -2.73. The van der Waals surface area contributed by atoms with Gasteiger partial charge in [0.25, 0.3) is 11.8 Å². The molecule has 11 heteroatoms. The van der Waals surface area contributed by atoms with Crippen molar-refractivity contribution in [2.45, 2.75) is 273 Å². The monoisotopic (exact) mass is 904 g/mol. The van der Waals surface area contributed by atoms with E-state index in [1.54, 1.807) is 0 Å². The van der Waals surface area contributed by atoms with Crippen molar-refractivity contribution in [1.82, 2.24) is 20.4 Å². The number of benzene rings is 1. The minimum Gasteiger partial charge on any atom is -0.442 e. The zero-order valence-electron chi connectivity index (χ0n) is 42.1. The minimum absolute atomic E-state index is 0.00708. The van der Waals surface area contributed by atoms with Gasteiger partial charge in [-0.05, 0) is 119 Å². The fourth-order valence-electron chi connectivity index (χ4n) is 14.2. The maximum absolute atomic E-state index is 15.8. The Kier molecular flexibility index (Phi) is 15.5. The molecule has 0 radical (unpaired) electrons. The number of nitrogens with one attached hydrogen (secondary N) is 3. The highest BCUT2D eigenvalue weighted by Gasteiger charge is 2.67. The number of hydrogen-bond donors (Lipinski definition) is 3. The Morgan fingerprint density at radius 3 is 1.17 bits per heavy atom. The Balaban J connectivity index is 1.31. The number of amides is 3. The van der Waals surface area contributed by atoms with E-state index >= 15 is 9.59 Å². The first-order valence-electron chi connectivity index (χ1n) is 26.4. The SMILES string of the molecule is CC1(C)CC2(CC(C)(C)N1)OC1(CCCCCCCCCCC1)N(CC(CN1C(=O)C3(CC(C)(C)NC(C)(C)C3)OC13CCCCCCCCCCC3)OC(=O)Nc1ccccc1)C2=O. The highest BCUT2D eigenvalue weighted by molar-refractivity contribution is 5.90. The quantitative estimate of drug-likeness (QED) is 0.258. The first kappa shape index (κ1) is 50.2. The van der Waals surface area contributed by atoms with Gasteiger partial charge in [0.1, 0.15) is 17.6 Å². The lowest BCUT2D eigenvalue weighted by molar-refractivity contribution is -0.183. The van der Waals surface area contributed by atoms with Crippen LogP contribution in [0.25, 0.3) is 0 Å². The van der Waals surface area contributed by atoms with Crippen molar-refractivity contribution in [3.63, 3.8) is 0 Å². The maximum Gasteiger partial charge on any atom is 0.412 e. The number of carbonyl (C=O) groups is 3. The summed E-state index contributed by atoms with van der Waals surface area (Å²) in [4.78, 5) is 50.0. The van der Waals surface area contributed by atoms with Crippen LogP contribution in [0.1, 0.15) is 222 Å². The second-order valence-electron chi connectivity index (χ2n) is 24.3. The van der Waals surface area contributed by atoms with Gasteiger partial charge in [0.05, 0.1) is 13.1 Å². The number of rotatable bonds is 6. The topological polar surface area (TPSA) is 121 Å². The third-order valence-corrected chi connectivity index (χ3v) is 15.6. The highest BCUT2D eigenvalue weighted by atomic mass is 16.6. The Bertz CT molecular complexity index is 1620. The lowest BCUT2D eigenvalue weighted by Crippen LogP contribution is -2.66. The second-order valence-corrected chi connectivity index (χ2v) is 24.3. The maximum atomic E-state index is 15.8. The molecule has 0 atom stereocenters. The van der Waals surface area contributed by atoms with E-state index in [1.165, 1.54) is 64.2 Å². The van der Waals surface area contributed by atoms with Crippen LogP contribution in [0.5, 0.6) is 0 Å². The smallest absolute Gasteiger partial charge is 0.412 e. The van der Waals surface area contributed by atoms with Crippen LogP contribution in [0.2, 0.25) is 0 Å². The fourth-order valence-corrected chi connectivity index (χ4v) is 14.2. The highest BCUT2D eigenvalue weighted by Crippen LogP contribution is 2.53. The van der Waals surface area contributed by atoms with E-state index in [0.29, 0.717) is 31.4 Å². The van der Waals surface area contributed by atoms with Gasteiger partial charge in [-0.3, -0.25) is 14.9 Å². The first-order chi connectivity index (χ1) is 30.7. The van der Waals surface area contributed by atoms with E-state index in [-0.39, 0.29) is 47.1 Å². The summed E-state index contributed by atoms with van der Waals surface area (Å²) in [5.74, 6) is -0.0142. The summed E-state index contributed by atoms with van der Waals surface area (Å²) in [6.07, 6.45) is 24.0. The largest absolute Gasteiger partial charge is 0.442 e.